The molecule has 3 nitrogen and oxygen atoms in total. The lowest BCUT2D eigenvalue weighted by Crippen LogP contribution is -1.93. The molecule has 0 fully saturated rings. The molecule has 3 heteroatoms. The highest BCUT2D eigenvalue weighted by Crippen LogP contribution is 2.13. The second-order valence-electron chi connectivity index (χ2n) is 6.51. The van der Waals surface area contributed by atoms with Crippen molar-refractivity contribution >= 4 is 5.97 Å². The highest BCUT2D eigenvalue weighted by Gasteiger charge is 1.97. The van der Waals surface area contributed by atoms with Gasteiger partial charge in [-0.2, -0.15) is 0 Å². The molecule has 0 bridgehead atoms. The molecule has 23 heavy (non-hydrogen) atoms. The minimum Gasteiger partial charge on any atom is -0.481 e. The summed E-state index contributed by atoms with van der Waals surface area (Å²) in [6.45, 7) is 0.265. The molecule has 0 saturated heterocycles. The molecule has 0 aliphatic rings. The van der Waals surface area contributed by atoms with Crippen LogP contribution in [0, 0.1) is 0 Å². The standard InChI is InChI=1S/C20H38O3/c21-19-17-15-13-11-9-7-5-3-1-2-4-6-8-10-12-14-16-18-20(22)23/h13,15,21H,1-12,14,16-19H2,(H,22,23)/b15-13+. The predicted octanol–water partition coefficient (Wildman–Crippen LogP) is 5.86. The van der Waals surface area contributed by atoms with Crippen molar-refractivity contribution in [2.45, 2.75) is 103 Å². The molecule has 0 atom stereocenters. The topological polar surface area (TPSA) is 57.5 Å². The van der Waals surface area contributed by atoms with Gasteiger partial charge in [0.2, 0.25) is 0 Å². The quantitative estimate of drug-likeness (QED) is 0.245. The zero-order valence-electron chi connectivity index (χ0n) is 15.0. The third-order valence-corrected chi connectivity index (χ3v) is 4.22. The van der Waals surface area contributed by atoms with E-state index in [1.54, 1.807) is 0 Å². The number of rotatable bonds is 18. The molecule has 0 rings (SSSR count). The van der Waals surface area contributed by atoms with Gasteiger partial charge in [0.1, 0.15) is 0 Å². The maximum absolute atomic E-state index is 10.4. The molecule has 2 N–H and O–H groups in total. The van der Waals surface area contributed by atoms with Crippen molar-refractivity contribution in [3.05, 3.63) is 12.2 Å². The maximum Gasteiger partial charge on any atom is 0.303 e. The third-order valence-electron chi connectivity index (χ3n) is 4.22. The van der Waals surface area contributed by atoms with Crippen molar-refractivity contribution in [2.75, 3.05) is 6.61 Å². The van der Waals surface area contributed by atoms with Gasteiger partial charge in [-0.15, -0.1) is 0 Å². The largest absolute Gasteiger partial charge is 0.481 e. The van der Waals surface area contributed by atoms with Crippen LogP contribution >= 0.6 is 0 Å². The Balaban J connectivity index is 3.01. The minimum atomic E-state index is -0.664. The highest BCUT2D eigenvalue weighted by molar-refractivity contribution is 5.66. The number of carboxylic acid groups (broad SMARTS) is 1. The molecular weight excluding hydrogens is 288 g/mol. The van der Waals surface area contributed by atoms with Crippen LogP contribution in [0.5, 0.6) is 0 Å². The smallest absolute Gasteiger partial charge is 0.303 e. The summed E-state index contributed by atoms with van der Waals surface area (Å²) in [6, 6.07) is 0. The Morgan fingerprint density at radius 3 is 1.43 bits per heavy atom. The molecule has 0 unspecified atom stereocenters. The summed E-state index contributed by atoms with van der Waals surface area (Å²) < 4.78 is 0. The van der Waals surface area contributed by atoms with Gasteiger partial charge < -0.3 is 10.2 Å². The Morgan fingerprint density at radius 1 is 0.609 bits per heavy atom. The predicted molar refractivity (Wildman–Crippen MR) is 97.7 cm³/mol. The number of hydrogen-bond donors (Lipinski definition) is 2. The lowest BCUT2D eigenvalue weighted by Gasteiger charge is -2.03. The molecule has 0 aromatic rings. The van der Waals surface area contributed by atoms with Crippen LogP contribution in [0.1, 0.15) is 103 Å². The van der Waals surface area contributed by atoms with Crippen LogP contribution in [0.15, 0.2) is 12.2 Å². The van der Waals surface area contributed by atoms with Crippen LogP contribution in [-0.2, 0) is 4.79 Å². The molecule has 0 aromatic carbocycles. The van der Waals surface area contributed by atoms with E-state index in [-0.39, 0.29) is 6.61 Å². The summed E-state index contributed by atoms with van der Waals surface area (Å²) in [7, 11) is 0. The number of carbonyl (C=O) groups is 1. The van der Waals surface area contributed by atoms with Gasteiger partial charge in [-0.3, -0.25) is 4.79 Å². The molecule has 0 aliphatic heterocycles. The van der Waals surface area contributed by atoms with E-state index in [9.17, 15) is 4.79 Å². The number of unbranched alkanes of at least 4 members (excludes halogenated alkanes) is 13. The van der Waals surface area contributed by atoms with Crippen LogP contribution in [0.3, 0.4) is 0 Å². The Labute approximate surface area is 143 Å². The number of hydrogen-bond acceptors (Lipinski definition) is 2. The lowest BCUT2D eigenvalue weighted by atomic mass is 10.0. The average molecular weight is 327 g/mol. The van der Waals surface area contributed by atoms with E-state index in [0.29, 0.717) is 6.42 Å². The molecule has 0 spiro atoms. The molecule has 0 radical (unpaired) electrons. The monoisotopic (exact) mass is 326 g/mol. The fourth-order valence-corrected chi connectivity index (χ4v) is 2.79. The van der Waals surface area contributed by atoms with Crippen LogP contribution in [0.2, 0.25) is 0 Å². The number of aliphatic hydroxyl groups is 1. The number of aliphatic carboxylic acids is 1. The number of carboxylic acids is 1. The first-order chi connectivity index (χ1) is 11.3. The Morgan fingerprint density at radius 2 is 1.00 bits per heavy atom. The Kier molecular flexibility index (Phi) is 18.5. The second kappa shape index (κ2) is 19.2. The zero-order chi connectivity index (χ0) is 17.0. The molecule has 0 aromatic heterocycles. The van der Waals surface area contributed by atoms with E-state index in [4.69, 9.17) is 10.2 Å². The van der Waals surface area contributed by atoms with Crippen molar-refractivity contribution in [2.24, 2.45) is 0 Å². The Hall–Kier alpha value is -0.830. The van der Waals surface area contributed by atoms with Gasteiger partial charge in [0, 0.05) is 13.0 Å². The molecule has 0 amide bonds. The fraction of sp³-hybridized carbons (Fsp3) is 0.850. The maximum atomic E-state index is 10.4. The molecule has 0 aliphatic carbocycles. The zero-order valence-corrected chi connectivity index (χ0v) is 15.0. The first-order valence-electron chi connectivity index (χ1n) is 9.75. The van der Waals surface area contributed by atoms with E-state index < -0.39 is 5.97 Å². The first kappa shape index (κ1) is 22.2. The van der Waals surface area contributed by atoms with Gasteiger partial charge in [0.25, 0.3) is 0 Å². The van der Waals surface area contributed by atoms with Gasteiger partial charge >= 0.3 is 5.97 Å². The van der Waals surface area contributed by atoms with Crippen molar-refractivity contribution < 1.29 is 15.0 Å². The van der Waals surface area contributed by atoms with Gasteiger partial charge in [-0.05, 0) is 25.7 Å². The SMILES string of the molecule is O=C(O)CCCCCCCCCCCCCCC/C=C/CCO. The second-order valence-corrected chi connectivity index (χ2v) is 6.51. The normalized spacial score (nSPS) is 11.3. The summed E-state index contributed by atoms with van der Waals surface area (Å²) in [5.41, 5.74) is 0. The van der Waals surface area contributed by atoms with Crippen LogP contribution in [0.4, 0.5) is 0 Å². The summed E-state index contributed by atoms with van der Waals surface area (Å²) in [6.07, 6.45) is 23.0. The van der Waals surface area contributed by atoms with Crippen molar-refractivity contribution in [1.29, 1.82) is 0 Å². The van der Waals surface area contributed by atoms with E-state index in [1.165, 1.54) is 70.6 Å². The van der Waals surface area contributed by atoms with Gasteiger partial charge in [0.15, 0.2) is 0 Å². The lowest BCUT2D eigenvalue weighted by molar-refractivity contribution is -0.137. The Bertz CT molecular complexity index is 274. The van der Waals surface area contributed by atoms with Crippen LogP contribution in [-0.4, -0.2) is 22.8 Å². The summed E-state index contributed by atoms with van der Waals surface area (Å²) in [5.74, 6) is -0.664. The minimum absolute atomic E-state index is 0.265. The average Bonchev–Trinajstić information content (AvgIpc) is 2.53. The van der Waals surface area contributed by atoms with Crippen molar-refractivity contribution in [3.8, 4) is 0 Å². The molecule has 136 valence electrons. The van der Waals surface area contributed by atoms with Crippen molar-refractivity contribution in [1.82, 2.24) is 0 Å². The van der Waals surface area contributed by atoms with E-state index in [0.717, 1.165) is 25.7 Å². The molecule has 0 saturated carbocycles. The summed E-state index contributed by atoms with van der Waals surface area (Å²) in [5, 5.41) is 17.2. The van der Waals surface area contributed by atoms with Crippen LogP contribution < -0.4 is 0 Å². The summed E-state index contributed by atoms with van der Waals surface area (Å²) in [4.78, 5) is 10.4. The van der Waals surface area contributed by atoms with Gasteiger partial charge in [-0.25, -0.2) is 0 Å². The van der Waals surface area contributed by atoms with Gasteiger partial charge in [0.05, 0.1) is 0 Å². The van der Waals surface area contributed by atoms with E-state index >= 15 is 0 Å². The summed E-state index contributed by atoms with van der Waals surface area (Å²) >= 11 is 0. The molecular formula is C20H38O3. The number of allylic oxidation sites excluding steroid dienone is 1. The van der Waals surface area contributed by atoms with E-state index in [2.05, 4.69) is 12.2 Å². The molecule has 0 heterocycles. The van der Waals surface area contributed by atoms with E-state index in [1.807, 2.05) is 0 Å². The first-order valence-corrected chi connectivity index (χ1v) is 9.75. The van der Waals surface area contributed by atoms with Crippen LogP contribution in [0.25, 0.3) is 0 Å². The van der Waals surface area contributed by atoms with Crippen molar-refractivity contribution in [3.63, 3.8) is 0 Å². The fourth-order valence-electron chi connectivity index (χ4n) is 2.79. The third kappa shape index (κ3) is 21.2. The number of aliphatic hydroxyl groups excluding tert-OH is 1. The van der Waals surface area contributed by atoms with Gasteiger partial charge in [-0.1, -0.05) is 82.8 Å². The highest BCUT2D eigenvalue weighted by atomic mass is 16.4.